The summed E-state index contributed by atoms with van der Waals surface area (Å²) in [4.78, 5) is 41.8. The van der Waals surface area contributed by atoms with Gasteiger partial charge >= 0.3 is 11.7 Å². The second kappa shape index (κ2) is 8.30. The van der Waals surface area contributed by atoms with Crippen molar-refractivity contribution in [3.8, 4) is 11.3 Å². The van der Waals surface area contributed by atoms with Crippen LogP contribution in [0.2, 0.25) is 0 Å². The van der Waals surface area contributed by atoms with E-state index >= 15 is 0 Å². The number of amides is 1. The van der Waals surface area contributed by atoms with E-state index in [0.717, 1.165) is 10.9 Å². The van der Waals surface area contributed by atoms with Crippen molar-refractivity contribution < 1.29 is 14.3 Å². The van der Waals surface area contributed by atoms with Crippen molar-refractivity contribution in [3.63, 3.8) is 0 Å². The Labute approximate surface area is 175 Å². The summed E-state index contributed by atoms with van der Waals surface area (Å²) in [5.41, 5.74) is 1.82. The Balaban J connectivity index is 1.70. The highest BCUT2D eigenvalue weighted by molar-refractivity contribution is 7.12. The summed E-state index contributed by atoms with van der Waals surface area (Å²) in [5.74, 6) is -0.975. The predicted octanol–water partition coefficient (Wildman–Crippen LogP) is 3.55. The number of nitrogens with zero attached hydrogens (tertiary/aromatic N) is 2. The van der Waals surface area contributed by atoms with Crippen LogP contribution in [0.4, 0.5) is 5.69 Å². The van der Waals surface area contributed by atoms with Gasteiger partial charge in [0, 0.05) is 10.9 Å². The minimum absolute atomic E-state index is 0.238. The third-order valence-corrected chi connectivity index (χ3v) is 5.44. The van der Waals surface area contributed by atoms with E-state index in [1.165, 1.54) is 23.0 Å². The number of esters is 1. The van der Waals surface area contributed by atoms with Gasteiger partial charge in [-0.3, -0.25) is 9.36 Å². The van der Waals surface area contributed by atoms with Gasteiger partial charge in [-0.1, -0.05) is 48.5 Å². The lowest BCUT2D eigenvalue weighted by molar-refractivity contribution is -0.116. The van der Waals surface area contributed by atoms with Crippen molar-refractivity contribution in [2.45, 2.75) is 6.54 Å². The molecule has 0 unspecified atom stereocenters. The molecule has 1 amide bonds. The van der Waals surface area contributed by atoms with Crippen molar-refractivity contribution in [2.24, 2.45) is 0 Å². The van der Waals surface area contributed by atoms with Gasteiger partial charge in [-0.2, -0.15) is 4.98 Å². The predicted molar refractivity (Wildman–Crippen MR) is 116 cm³/mol. The fourth-order valence-electron chi connectivity index (χ4n) is 3.19. The van der Waals surface area contributed by atoms with Gasteiger partial charge in [0.1, 0.15) is 11.4 Å². The summed E-state index contributed by atoms with van der Waals surface area (Å²) in [7, 11) is 1.28. The zero-order valence-corrected chi connectivity index (χ0v) is 16.8. The zero-order valence-electron chi connectivity index (χ0n) is 16.0. The largest absolute Gasteiger partial charge is 0.465 e. The van der Waals surface area contributed by atoms with E-state index in [-0.39, 0.29) is 6.54 Å². The van der Waals surface area contributed by atoms with E-state index < -0.39 is 17.6 Å². The molecule has 0 fully saturated rings. The first-order valence-electron chi connectivity index (χ1n) is 9.09. The maximum absolute atomic E-state index is 12.8. The van der Waals surface area contributed by atoms with Crippen LogP contribution < -0.4 is 11.0 Å². The van der Waals surface area contributed by atoms with E-state index in [0.29, 0.717) is 21.8 Å². The van der Waals surface area contributed by atoms with Crippen LogP contribution in [-0.2, 0) is 16.1 Å². The Morgan fingerprint density at radius 2 is 1.80 bits per heavy atom. The van der Waals surface area contributed by atoms with Gasteiger partial charge in [0.25, 0.3) is 0 Å². The standard InChI is InChI=1S/C22H17N3O4S/c1-29-21(27)20-16(11-12-30-20)23-18(26)13-25-17-10-6-5-9-15(17)19(24-22(25)28)14-7-3-2-4-8-14/h2-12H,13H2,1H3,(H,23,26). The number of carbonyl (C=O) groups excluding carboxylic acids is 2. The highest BCUT2D eigenvalue weighted by Gasteiger charge is 2.18. The molecule has 0 aliphatic carbocycles. The van der Waals surface area contributed by atoms with Gasteiger partial charge in [-0.15, -0.1) is 11.3 Å². The molecular weight excluding hydrogens is 402 g/mol. The fourth-order valence-corrected chi connectivity index (χ4v) is 3.96. The fraction of sp³-hybridized carbons (Fsp3) is 0.0909. The van der Waals surface area contributed by atoms with Crippen molar-refractivity contribution in [1.29, 1.82) is 0 Å². The molecule has 0 saturated heterocycles. The molecule has 1 N–H and O–H groups in total. The summed E-state index contributed by atoms with van der Waals surface area (Å²) in [5, 5.41) is 5.12. The molecule has 0 atom stereocenters. The van der Waals surface area contributed by atoms with Crippen LogP contribution in [-0.4, -0.2) is 28.5 Å². The van der Waals surface area contributed by atoms with Crippen molar-refractivity contribution >= 4 is 39.8 Å². The molecule has 2 aromatic carbocycles. The zero-order chi connectivity index (χ0) is 21.1. The molecule has 4 aromatic rings. The number of ether oxygens (including phenoxy) is 1. The van der Waals surface area contributed by atoms with Crippen molar-refractivity contribution in [1.82, 2.24) is 9.55 Å². The molecular formula is C22H17N3O4S. The average Bonchev–Trinajstić information content (AvgIpc) is 3.23. The Hall–Kier alpha value is -3.78. The number of aromatic nitrogens is 2. The summed E-state index contributed by atoms with van der Waals surface area (Å²) >= 11 is 1.17. The minimum Gasteiger partial charge on any atom is -0.465 e. The van der Waals surface area contributed by atoms with E-state index in [4.69, 9.17) is 4.74 Å². The van der Waals surface area contributed by atoms with E-state index in [2.05, 4.69) is 10.3 Å². The van der Waals surface area contributed by atoms with Crippen molar-refractivity contribution in [2.75, 3.05) is 12.4 Å². The SMILES string of the molecule is COC(=O)c1sccc1NC(=O)Cn1c(=O)nc(-c2ccccc2)c2ccccc21. The normalized spacial score (nSPS) is 10.7. The molecule has 30 heavy (non-hydrogen) atoms. The molecule has 7 nitrogen and oxygen atoms in total. The van der Waals surface area contributed by atoms with Crippen LogP contribution in [0.3, 0.4) is 0 Å². The maximum atomic E-state index is 12.8. The number of hydrogen-bond donors (Lipinski definition) is 1. The highest BCUT2D eigenvalue weighted by Crippen LogP contribution is 2.26. The first kappa shape index (κ1) is 19.5. The molecule has 0 aliphatic rings. The topological polar surface area (TPSA) is 90.3 Å². The summed E-state index contributed by atoms with van der Waals surface area (Å²) in [6.45, 7) is -0.238. The number of fused-ring (bicyclic) bond motifs is 1. The Bertz CT molecular complexity index is 1290. The van der Waals surface area contributed by atoms with Crippen LogP contribution >= 0.6 is 11.3 Å². The second-order valence-corrected chi connectivity index (χ2v) is 7.33. The smallest absolute Gasteiger partial charge is 0.350 e. The maximum Gasteiger partial charge on any atom is 0.350 e. The Morgan fingerprint density at radius 3 is 2.57 bits per heavy atom. The van der Waals surface area contributed by atoms with Gasteiger partial charge in [-0.25, -0.2) is 9.59 Å². The average molecular weight is 419 g/mol. The lowest BCUT2D eigenvalue weighted by Gasteiger charge is -2.13. The molecule has 4 rings (SSSR count). The van der Waals surface area contributed by atoms with Crippen LogP contribution in [0.15, 0.2) is 70.8 Å². The monoisotopic (exact) mass is 419 g/mol. The molecule has 0 aliphatic heterocycles. The lowest BCUT2D eigenvalue weighted by Crippen LogP contribution is -2.30. The molecule has 0 spiro atoms. The third-order valence-electron chi connectivity index (χ3n) is 4.55. The Kier molecular flexibility index (Phi) is 5.40. The van der Waals surface area contributed by atoms with Gasteiger partial charge in [0.05, 0.1) is 24.0 Å². The van der Waals surface area contributed by atoms with Crippen LogP contribution in [0.25, 0.3) is 22.2 Å². The number of anilines is 1. The summed E-state index contributed by atoms with van der Waals surface area (Å²) in [6.07, 6.45) is 0. The van der Waals surface area contributed by atoms with Gasteiger partial charge < -0.3 is 10.1 Å². The quantitative estimate of drug-likeness (QED) is 0.500. The number of nitrogens with one attached hydrogen (secondary N) is 1. The van der Waals surface area contributed by atoms with Crippen molar-refractivity contribution in [3.05, 3.63) is 81.4 Å². The number of carbonyl (C=O) groups is 2. The second-order valence-electron chi connectivity index (χ2n) is 6.42. The molecule has 2 aromatic heterocycles. The number of benzene rings is 2. The number of thiophene rings is 1. The van der Waals surface area contributed by atoms with Gasteiger partial charge in [0.2, 0.25) is 5.91 Å². The molecule has 0 bridgehead atoms. The number of rotatable bonds is 5. The first-order valence-corrected chi connectivity index (χ1v) is 9.97. The van der Waals surface area contributed by atoms with Crippen LogP contribution in [0.5, 0.6) is 0 Å². The highest BCUT2D eigenvalue weighted by atomic mass is 32.1. The van der Waals surface area contributed by atoms with Crippen LogP contribution in [0, 0.1) is 0 Å². The van der Waals surface area contributed by atoms with E-state index in [1.807, 2.05) is 42.5 Å². The van der Waals surface area contributed by atoms with Gasteiger partial charge in [-0.05, 0) is 17.5 Å². The number of para-hydroxylation sites is 1. The third kappa shape index (κ3) is 3.72. The van der Waals surface area contributed by atoms with Gasteiger partial charge in [0.15, 0.2) is 0 Å². The first-order chi connectivity index (χ1) is 14.6. The molecule has 0 radical (unpaired) electrons. The molecule has 0 saturated carbocycles. The minimum atomic E-state index is -0.531. The number of hydrogen-bond acceptors (Lipinski definition) is 6. The van der Waals surface area contributed by atoms with E-state index in [9.17, 15) is 14.4 Å². The number of methoxy groups -OCH3 is 1. The summed E-state index contributed by atoms with van der Waals surface area (Å²) < 4.78 is 6.04. The summed E-state index contributed by atoms with van der Waals surface area (Å²) in [6, 6.07) is 18.4. The lowest BCUT2D eigenvalue weighted by atomic mass is 10.1. The van der Waals surface area contributed by atoms with E-state index in [1.54, 1.807) is 23.6 Å². The van der Waals surface area contributed by atoms with Crippen LogP contribution in [0.1, 0.15) is 9.67 Å². The Morgan fingerprint density at radius 1 is 1.07 bits per heavy atom. The molecule has 8 heteroatoms. The molecule has 2 heterocycles. The molecule has 150 valence electrons.